The fourth-order valence-electron chi connectivity index (χ4n) is 1.31. The van der Waals surface area contributed by atoms with Crippen molar-refractivity contribution in [3.8, 4) is 0 Å². The van der Waals surface area contributed by atoms with Crippen LogP contribution in [0.25, 0.3) is 0 Å². The Morgan fingerprint density at radius 3 is 2.29 bits per heavy atom. The van der Waals surface area contributed by atoms with Gasteiger partial charge in [0.05, 0.1) is 0 Å². The van der Waals surface area contributed by atoms with Crippen LogP contribution in [0.2, 0.25) is 0 Å². The van der Waals surface area contributed by atoms with Crippen LogP contribution in [-0.4, -0.2) is 30.4 Å². The summed E-state index contributed by atoms with van der Waals surface area (Å²) in [5.41, 5.74) is 5.50. The molecule has 0 spiro atoms. The lowest BCUT2D eigenvalue weighted by Gasteiger charge is -2.25. The van der Waals surface area contributed by atoms with E-state index in [1.54, 1.807) is 0 Å². The minimum atomic E-state index is 0.0766. The highest BCUT2D eigenvalue weighted by Crippen LogP contribution is 2.19. The number of hydrogen-bond donors (Lipinski definition) is 1. The molecule has 1 amide bonds. The molecule has 0 radical (unpaired) electrons. The van der Waals surface area contributed by atoms with Gasteiger partial charge in [-0.2, -0.15) is 0 Å². The molecule has 2 N–H and O–H groups in total. The molecular formula is C11H24N2O. The van der Waals surface area contributed by atoms with Gasteiger partial charge in [0.15, 0.2) is 0 Å². The van der Waals surface area contributed by atoms with Crippen LogP contribution in [0.15, 0.2) is 0 Å². The van der Waals surface area contributed by atoms with Crippen molar-refractivity contribution in [2.24, 2.45) is 11.1 Å². The predicted molar refractivity (Wildman–Crippen MR) is 60.0 cm³/mol. The largest absolute Gasteiger partial charge is 0.343 e. The molecule has 0 unspecified atom stereocenters. The Balaban J connectivity index is 4.04. The Morgan fingerprint density at radius 1 is 1.36 bits per heavy atom. The minimum Gasteiger partial charge on any atom is -0.343 e. The van der Waals surface area contributed by atoms with E-state index in [9.17, 15) is 4.79 Å². The maximum Gasteiger partial charge on any atom is 0.223 e. The highest BCUT2D eigenvalue weighted by Gasteiger charge is 2.19. The lowest BCUT2D eigenvalue weighted by Crippen LogP contribution is -2.34. The van der Waals surface area contributed by atoms with Gasteiger partial charge in [0, 0.05) is 19.5 Å². The summed E-state index contributed by atoms with van der Waals surface area (Å²) in [7, 11) is 0. The Labute approximate surface area is 87.6 Å². The molecule has 0 aliphatic carbocycles. The summed E-state index contributed by atoms with van der Waals surface area (Å²) in [4.78, 5) is 13.7. The van der Waals surface area contributed by atoms with E-state index in [4.69, 9.17) is 5.73 Å². The molecule has 3 heteroatoms. The standard InChI is InChI=1S/C11H24N2O/c1-5-13(8-6-7-12)10(14)9-11(2,3)4/h5-9,12H2,1-4H3. The van der Waals surface area contributed by atoms with Gasteiger partial charge < -0.3 is 10.6 Å². The van der Waals surface area contributed by atoms with Gasteiger partial charge in [0.25, 0.3) is 0 Å². The van der Waals surface area contributed by atoms with E-state index in [1.165, 1.54) is 0 Å². The summed E-state index contributed by atoms with van der Waals surface area (Å²) in [5.74, 6) is 0.244. The van der Waals surface area contributed by atoms with Crippen LogP contribution in [-0.2, 0) is 4.79 Å². The second-order valence-electron chi connectivity index (χ2n) is 4.85. The number of carbonyl (C=O) groups is 1. The Hall–Kier alpha value is -0.570. The summed E-state index contributed by atoms with van der Waals surface area (Å²) in [6.45, 7) is 10.5. The minimum absolute atomic E-state index is 0.0766. The topological polar surface area (TPSA) is 46.3 Å². The predicted octanol–water partition coefficient (Wildman–Crippen LogP) is 1.62. The van der Waals surface area contributed by atoms with Gasteiger partial charge >= 0.3 is 0 Å². The van der Waals surface area contributed by atoms with Crippen molar-refractivity contribution in [3.63, 3.8) is 0 Å². The van der Waals surface area contributed by atoms with Crippen molar-refractivity contribution in [1.82, 2.24) is 4.90 Å². The quantitative estimate of drug-likeness (QED) is 0.733. The highest BCUT2D eigenvalue weighted by atomic mass is 16.2. The molecule has 3 nitrogen and oxygen atoms in total. The van der Waals surface area contributed by atoms with Gasteiger partial charge in [0.2, 0.25) is 5.91 Å². The molecule has 0 saturated carbocycles. The molecule has 0 rings (SSSR count). The van der Waals surface area contributed by atoms with Crippen LogP contribution in [0.5, 0.6) is 0 Å². The van der Waals surface area contributed by atoms with Crippen molar-refractivity contribution in [3.05, 3.63) is 0 Å². The zero-order chi connectivity index (χ0) is 11.2. The van der Waals surface area contributed by atoms with Crippen molar-refractivity contribution in [1.29, 1.82) is 0 Å². The summed E-state index contributed by atoms with van der Waals surface area (Å²) in [6, 6.07) is 0. The van der Waals surface area contributed by atoms with Gasteiger partial charge in [-0.15, -0.1) is 0 Å². The smallest absolute Gasteiger partial charge is 0.223 e. The van der Waals surface area contributed by atoms with E-state index < -0.39 is 0 Å². The molecule has 0 atom stereocenters. The van der Waals surface area contributed by atoms with Crippen LogP contribution in [0.1, 0.15) is 40.5 Å². The molecule has 84 valence electrons. The lowest BCUT2D eigenvalue weighted by atomic mass is 9.91. The molecule has 0 heterocycles. The average Bonchev–Trinajstić information content (AvgIpc) is 2.02. The van der Waals surface area contributed by atoms with E-state index in [0.29, 0.717) is 13.0 Å². The second kappa shape index (κ2) is 6.02. The van der Waals surface area contributed by atoms with E-state index >= 15 is 0 Å². The Kier molecular flexibility index (Phi) is 5.77. The Bertz CT molecular complexity index is 173. The highest BCUT2D eigenvalue weighted by molar-refractivity contribution is 5.76. The first-order chi connectivity index (χ1) is 6.40. The van der Waals surface area contributed by atoms with Crippen molar-refractivity contribution in [2.75, 3.05) is 19.6 Å². The normalized spacial score (nSPS) is 11.5. The molecule has 14 heavy (non-hydrogen) atoms. The maximum atomic E-state index is 11.8. The van der Waals surface area contributed by atoms with Crippen molar-refractivity contribution < 1.29 is 4.79 Å². The average molecular weight is 200 g/mol. The summed E-state index contributed by atoms with van der Waals surface area (Å²) >= 11 is 0. The molecule has 0 saturated heterocycles. The van der Waals surface area contributed by atoms with E-state index in [1.807, 2.05) is 11.8 Å². The molecular weight excluding hydrogens is 176 g/mol. The van der Waals surface area contributed by atoms with Crippen LogP contribution in [0, 0.1) is 5.41 Å². The van der Waals surface area contributed by atoms with Gasteiger partial charge in [-0.1, -0.05) is 20.8 Å². The Morgan fingerprint density at radius 2 is 1.93 bits per heavy atom. The summed E-state index contributed by atoms with van der Waals surface area (Å²) in [6.07, 6.45) is 1.51. The fraction of sp³-hybridized carbons (Fsp3) is 0.909. The molecule has 0 aromatic heterocycles. The van der Waals surface area contributed by atoms with Crippen LogP contribution >= 0.6 is 0 Å². The summed E-state index contributed by atoms with van der Waals surface area (Å²) in [5, 5.41) is 0. The second-order valence-corrected chi connectivity index (χ2v) is 4.85. The van der Waals surface area contributed by atoms with Gasteiger partial charge in [-0.3, -0.25) is 4.79 Å². The molecule has 0 aromatic rings. The number of rotatable bonds is 5. The first kappa shape index (κ1) is 13.4. The van der Waals surface area contributed by atoms with Crippen molar-refractivity contribution >= 4 is 5.91 Å². The van der Waals surface area contributed by atoms with Crippen LogP contribution < -0.4 is 5.73 Å². The molecule has 0 bridgehead atoms. The summed E-state index contributed by atoms with van der Waals surface area (Å²) < 4.78 is 0. The monoisotopic (exact) mass is 200 g/mol. The third kappa shape index (κ3) is 5.97. The molecule has 0 fully saturated rings. The zero-order valence-corrected chi connectivity index (χ0v) is 9.97. The van der Waals surface area contributed by atoms with Gasteiger partial charge in [0.1, 0.15) is 0 Å². The van der Waals surface area contributed by atoms with E-state index in [-0.39, 0.29) is 11.3 Å². The van der Waals surface area contributed by atoms with Gasteiger partial charge in [-0.05, 0) is 25.3 Å². The van der Waals surface area contributed by atoms with Crippen LogP contribution in [0.4, 0.5) is 0 Å². The first-order valence-electron chi connectivity index (χ1n) is 5.38. The van der Waals surface area contributed by atoms with Gasteiger partial charge in [-0.25, -0.2) is 0 Å². The third-order valence-electron chi connectivity index (χ3n) is 2.05. The number of nitrogens with two attached hydrogens (primary N) is 1. The number of nitrogens with zero attached hydrogens (tertiary/aromatic N) is 1. The SMILES string of the molecule is CCN(CCCN)C(=O)CC(C)(C)C. The zero-order valence-electron chi connectivity index (χ0n) is 9.97. The van der Waals surface area contributed by atoms with E-state index in [2.05, 4.69) is 20.8 Å². The first-order valence-corrected chi connectivity index (χ1v) is 5.38. The number of amides is 1. The fourth-order valence-corrected chi connectivity index (χ4v) is 1.31. The van der Waals surface area contributed by atoms with Crippen LogP contribution in [0.3, 0.4) is 0 Å². The number of carbonyl (C=O) groups excluding carboxylic acids is 1. The molecule has 0 aliphatic heterocycles. The van der Waals surface area contributed by atoms with E-state index in [0.717, 1.165) is 19.5 Å². The number of hydrogen-bond acceptors (Lipinski definition) is 2. The third-order valence-corrected chi connectivity index (χ3v) is 2.05. The van der Waals surface area contributed by atoms with Crippen molar-refractivity contribution in [2.45, 2.75) is 40.5 Å². The molecule has 0 aromatic carbocycles. The molecule has 0 aliphatic rings. The lowest BCUT2D eigenvalue weighted by molar-refractivity contribution is -0.132. The maximum absolute atomic E-state index is 11.8.